The fourth-order valence-corrected chi connectivity index (χ4v) is 2.24. The topological polar surface area (TPSA) is 24.5 Å². The van der Waals surface area contributed by atoms with E-state index in [1.165, 1.54) is 0 Å². The molecule has 0 aromatic rings. The summed E-state index contributed by atoms with van der Waals surface area (Å²) in [7, 11) is 1.83. The van der Waals surface area contributed by atoms with Crippen molar-refractivity contribution in [3.63, 3.8) is 0 Å². The summed E-state index contributed by atoms with van der Waals surface area (Å²) in [5.74, 6) is 0.0870. The number of rotatable bonds is 5. The maximum Gasteiger partial charge on any atom is 0.441 e. The molecule has 1 aliphatic heterocycles. The van der Waals surface area contributed by atoms with Crippen LogP contribution in [0.3, 0.4) is 0 Å². The summed E-state index contributed by atoms with van der Waals surface area (Å²) in [6.07, 6.45) is 0. The van der Waals surface area contributed by atoms with Crippen molar-refractivity contribution in [3.8, 4) is 0 Å². The van der Waals surface area contributed by atoms with Crippen molar-refractivity contribution in [2.45, 2.75) is 11.6 Å². The van der Waals surface area contributed by atoms with Gasteiger partial charge in [-0.2, -0.15) is 13.2 Å². The SMILES string of the molecule is CNCC1COCCN1CCSC(F)(F)F. The number of halogens is 3. The Balaban J connectivity index is 2.27. The van der Waals surface area contributed by atoms with E-state index in [0.717, 1.165) is 6.54 Å². The van der Waals surface area contributed by atoms with Gasteiger partial charge in [0, 0.05) is 31.4 Å². The van der Waals surface area contributed by atoms with Crippen molar-refractivity contribution in [2.75, 3.05) is 45.6 Å². The first-order valence-corrected chi connectivity index (χ1v) is 6.18. The van der Waals surface area contributed by atoms with Gasteiger partial charge >= 0.3 is 5.51 Å². The Kier molecular flexibility index (Phi) is 5.88. The van der Waals surface area contributed by atoms with Crippen LogP contribution in [0.2, 0.25) is 0 Å². The molecule has 1 N–H and O–H groups in total. The Labute approximate surface area is 97.7 Å². The Morgan fingerprint density at radius 3 is 2.88 bits per heavy atom. The predicted octanol–water partition coefficient (Wildman–Crippen LogP) is 1.16. The van der Waals surface area contributed by atoms with Crippen LogP contribution >= 0.6 is 11.8 Å². The second-order valence-electron chi connectivity index (χ2n) is 3.62. The summed E-state index contributed by atoms with van der Waals surface area (Å²) < 4.78 is 41.2. The molecule has 1 saturated heterocycles. The third-order valence-electron chi connectivity index (χ3n) is 2.43. The highest BCUT2D eigenvalue weighted by Gasteiger charge is 2.29. The number of nitrogens with zero attached hydrogens (tertiary/aromatic N) is 1. The van der Waals surface area contributed by atoms with Gasteiger partial charge in [0.05, 0.1) is 13.2 Å². The van der Waals surface area contributed by atoms with Crippen LogP contribution in [0.25, 0.3) is 0 Å². The molecule has 1 heterocycles. The van der Waals surface area contributed by atoms with Crippen LogP contribution in [0.5, 0.6) is 0 Å². The highest BCUT2D eigenvalue weighted by molar-refractivity contribution is 8.00. The van der Waals surface area contributed by atoms with Gasteiger partial charge in [0.1, 0.15) is 0 Å². The lowest BCUT2D eigenvalue weighted by atomic mass is 10.2. The van der Waals surface area contributed by atoms with Gasteiger partial charge in [-0.1, -0.05) is 0 Å². The monoisotopic (exact) mass is 258 g/mol. The van der Waals surface area contributed by atoms with E-state index in [4.69, 9.17) is 4.74 Å². The van der Waals surface area contributed by atoms with E-state index in [-0.39, 0.29) is 23.6 Å². The number of hydrogen-bond acceptors (Lipinski definition) is 4. The number of thioether (sulfide) groups is 1. The van der Waals surface area contributed by atoms with Crippen LogP contribution in [0.4, 0.5) is 13.2 Å². The third-order valence-corrected chi connectivity index (χ3v) is 3.15. The predicted molar refractivity (Wildman–Crippen MR) is 58.6 cm³/mol. The van der Waals surface area contributed by atoms with E-state index >= 15 is 0 Å². The first kappa shape index (κ1) is 14.1. The molecule has 96 valence electrons. The highest BCUT2D eigenvalue weighted by Crippen LogP contribution is 2.30. The van der Waals surface area contributed by atoms with Crippen molar-refractivity contribution in [3.05, 3.63) is 0 Å². The smallest absolute Gasteiger partial charge is 0.378 e. The van der Waals surface area contributed by atoms with Crippen LogP contribution < -0.4 is 5.32 Å². The lowest BCUT2D eigenvalue weighted by molar-refractivity contribution is -0.0334. The average Bonchev–Trinajstić information content (AvgIpc) is 2.19. The molecule has 1 rings (SSSR count). The summed E-state index contributed by atoms with van der Waals surface area (Å²) in [5, 5.41) is 3.02. The normalized spacial score (nSPS) is 23.6. The third kappa shape index (κ3) is 5.38. The number of ether oxygens (including phenoxy) is 1. The molecular weight excluding hydrogens is 241 g/mol. The molecule has 16 heavy (non-hydrogen) atoms. The number of likely N-dealkylation sites (N-methyl/N-ethyl adjacent to an activating group) is 1. The van der Waals surface area contributed by atoms with Gasteiger partial charge in [0.2, 0.25) is 0 Å². The molecule has 0 bridgehead atoms. The Morgan fingerprint density at radius 1 is 1.50 bits per heavy atom. The van der Waals surface area contributed by atoms with E-state index in [1.807, 2.05) is 7.05 Å². The molecular formula is C9H17F3N2OS. The molecule has 0 aliphatic carbocycles. The lowest BCUT2D eigenvalue weighted by Gasteiger charge is -2.35. The van der Waals surface area contributed by atoms with E-state index < -0.39 is 5.51 Å². The van der Waals surface area contributed by atoms with Crippen LogP contribution in [0, 0.1) is 0 Å². The van der Waals surface area contributed by atoms with E-state index in [2.05, 4.69) is 10.2 Å². The van der Waals surface area contributed by atoms with Crippen LogP contribution in [0.15, 0.2) is 0 Å². The fraction of sp³-hybridized carbons (Fsp3) is 1.00. The first-order valence-electron chi connectivity index (χ1n) is 5.20. The molecule has 0 aromatic carbocycles. The van der Waals surface area contributed by atoms with Crippen LogP contribution in [-0.2, 0) is 4.74 Å². The Bertz CT molecular complexity index is 202. The average molecular weight is 258 g/mol. The van der Waals surface area contributed by atoms with Gasteiger partial charge in [-0.25, -0.2) is 0 Å². The van der Waals surface area contributed by atoms with Crippen molar-refractivity contribution in [2.24, 2.45) is 0 Å². The van der Waals surface area contributed by atoms with Crippen molar-refractivity contribution in [1.29, 1.82) is 0 Å². The summed E-state index contributed by atoms with van der Waals surface area (Å²) in [4.78, 5) is 2.05. The second-order valence-corrected chi connectivity index (χ2v) is 4.78. The Hall–Kier alpha value is 0.0200. The van der Waals surface area contributed by atoms with Gasteiger partial charge in [-0.05, 0) is 18.8 Å². The summed E-state index contributed by atoms with van der Waals surface area (Å²) in [6.45, 7) is 3.12. The van der Waals surface area contributed by atoms with Gasteiger partial charge < -0.3 is 10.1 Å². The Morgan fingerprint density at radius 2 is 2.25 bits per heavy atom. The van der Waals surface area contributed by atoms with Crippen molar-refractivity contribution in [1.82, 2.24) is 10.2 Å². The number of morpholine rings is 1. The van der Waals surface area contributed by atoms with Gasteiger partial charge in [-0.3, -0.25) is 4.90 Å². The molecule has 7 heteroatoms. The van der Waals surface area contributed by atoms with E-state index in [0.29, 0.717) is 26.3 Å². The lowest BCUT2D eigenvalue weighted by Crippen LogP contribution is -2.50. The summed E-state index contributed by atoms with van der Waals surface area (Å²) in [5.41, 5.74) is -4.12. The van der Waals surface area contributed by atoms with E-state index in [1.54, 1.807) is 0 Å². The minimum Gasteiger partial charge on any atom is -0.378 e. The largest absolute Gasteiger partial charge is 0.441 e. The zero-order valence-corrected chi connectivity index (χ0v) is 10.0. The van der Waals surface area contributed by atoms with Crippen molar-refractivity contribution < 1.29 is 17.9 Å². The van der Waals surface area contributed by atoms with Crippen molar-refractivity contribution >= 4 is 11.8 Å². The van der Waals surface area contributed by atoms with E-state index in [9.17, 15) is 13.2 Å². The minimum absolute atomic E-state index is 0.0445. The van der Waals surface area contributed by atoms with Crippen LogP contribution in [-0.4, -0.2) is 62.1 Å². The second kappa shape index (κ2) is 6.68. The number of alkyl halides is 3. The minimum atomic E-state index is -4.12. The van der Waals surface area contributed by atoms with Gasteiger partial charge in [0.15, 0.2) is 0 Å². The molecule has 1 atom stereocenters. The number of nitrogens with one attached hydrogen (secondary N) is 1. The maximum absolute atomic E-state index is 12.0. The fourth-order valence-electron chi connectivity index (χ4n) is 1.69. The molecule has 0 amide bonds. The molecule has 0 spiro atoms. The highest BCUT2D eigenvalue weighted by atomic mass is 32.2. The molecule has 0 saturated carbocycles. The summed E-state index contributed by atoms with van der Waals surface area (Å²) in [6, 6.07) is 0.188. The zero-order chi connectivity index (χ0) is 12.0. The van der Waals surface area contributed by atoms with Crippen LogP contribution in [0.1, 0.15) is 0 Å². The molecule has 0 radical (unpaired) electrons. The maximum atomic E-state index is 12.0. The summed E-state index contributed by atoms with van der Waals surface area (Å²) >= 11 is 0.0445. The standard InChI is InChI=1S/C9H17F3N2OS/c1-13-6-8-7-15-4-2-14(8)3-5-16-9(10,11)12/h8,13H,2-7H2,1H3. The molecule has 1 aliphatic rings. The zero-order valence-electron chi connectivity index (χ0n) is 9.22. The molecule has 3 nitrogen and oxygen atoms in total. The molecule has 1 unspecified atom stereocenters. The molecule has 1 fully saturated rings. The van der Waals surface area contributed by atoms with Gasteiger partial charge in [0.25, 0.3) is 0 Å². The molecule has 0 aromatic heterocycles. The van der Waals surface area contributed by atoms with Gasteiger partial charge in [-0.15, -0.1) is 0 Å². The quantitative estimate of drug-likeness (QED) is 0.800. The first-order chi connectivity index (χ1) is 7.53. The number of hydrogen-bond donors (Lipinski definition) is 1.